The quantitative estimate of drug-likeness (QED) is 0.594. The van der Waals surface area contributed by atoms with E-state index in [2.05, 4.69) is 4.72 Å². The topological polar surface area (TPSA) is 89.5 Å². The van der Waals surface area contributed by atoms with Crippen molar-refractivity contribution in [1.82, 2.24) is 0 Å². The Labute approximate surface area is 153 Å². The van der Waals surface area contributed by atoms with E-state index in [9.17, 15) is 18.0 Å². The van der Waals surface area contributed by atoms with Gasteiger partial charge in [0.15, 0.2) is 6.10 Å². The molecule has 0 saturated heterocycles. The number of rotatable bonds is 7. The van der Waals surface area contributed by atoms with Gasteiger partial charge >= 0.3 is 5.97 Å². The molecule has 0 spiro atoms. The van der Waals surface area contributed by atoms with Gasteiger partial charge < -0.3 is 4.74 Å². The van der Waals surface area contributed by atoms with Crippen molar-refractivity contribution >= 4 is 27.5 Å². The van der Waals surface area contributed by atoms with Crippen LogP contribution in [0, 0.1) is 6.92 Å². The third-order valence-electron chi connectivity index (χ3n) is 3.62. The average Bonchev–Trinajstić information content (AvgIpc) is 2.55. The van der Waals surface area contributed by atoms with Gasteiger partial charge in [0, 0.05) is 11.3 Å². The Balaban J connectivity index is 1.95. The van der Waals surface area contributed by atoms with E-state index in [1.165, 1.54) is 31.2 Å². The molecule has 0 amide bonds. The summed E-state index contributed by atoms with van der Waals surface area (Å²) in [6, 6.07) is 13.4. The predicted molar refractivity (Wildman–Crippen MR) is 99.7 cm³/mol. The highest BCUT2D eigenvalue weighted by Crippen LogP contribution is 2.14. The van der Waals surface area contributed by atoms with Crippen molar-refractivity contribution < 1.29 is 22.7 Å². The maximum atomic E-state index is 12.4. The molecular weight excluding hydrogens is 354 g/mol. The van der Waals surface area contributed by atoms with Crippen LogP contribution < -0.4 is 4.72 Å². The lowest BCUT2D eigenvalue weighted by Gasteiger charge is -2.13. The first-order chi connectivity index (χ1) is 12.1. The van der Waals surface area contributed by atoms with Gasteiger partial charge in [0.2, 0.25) is 15.8 Å². The first-order valence-electron chi connectivity index (χ1n) is 8.01. The number of anilines is 1. The summed E-state index contributed by atoms with van der Waals surface area (Å²) in [4.78, 5) is 24.4. The van der Waals surface area contributed by atoms with Crippen LogP contribution in [0.1, 0.15) is 28.4 Å². The zero-order valence-electron chi connectivity index (χ0n) is 14.9. The average molecular weight is 375 g/mol. The molecule has 0 aromatic heterocycles. The SMILES string of the molecule is Cc1ccc(CC(=O)O[C@H](C)C(=O)c2ccc(NS(C)(=O)=O)cc2)cc1. The summed E-state index contributed by atoms with van der Waals surface area (Å²) in [5.41, 5.74) is 2.60. The number of ether oxygens (including phenoxy) is 1. The van der Waals surface area contributed by atoms with Gasteiger partial charge in [-0.1, -0.05) is 29.8 Å². The van der Waals surface area contributed by atoms with Gasteiger partial charge in [-0.15, -0.1) is 0 Å². The zero-order chi connectivity index (χ0) is 19.3. The van der Waals surface area contributed by atoms with Crippen LogP contribution in [0.4, 0.5) is 5.69 Å². The molecule has 6 nitrogen and oxygen atoms in total. The third kappa shape index (κ3) is 6.00. The number of nitrogens with one attached hydrogen (secondary N) is 1. The van der Waals surface area contributed by atoms with Gasteiger partial charge in [0.05, 0.1) is 12.7 Å². The molecule has 2 aromatic carbocycles. The molecule has 138 valence electrons. The minimum Gasteiger partial charge on any atom is -0.454 e. The number of carbonyl (C=O) groups is 2. The van der Waals surface area contributed by atoms with Gasteiger partial charge in [-0.3, -0.25) is 14.3 Å². The highest BCUT2D eigenvalue weighted by molar-refractivity contribution is 7.92. The molecular formula is C19H21NO5S. The van der Waals surface area contributed by atoms with E-state index in [4.69, 9.17) is 4.74 Å². The van der Waals surface area contributed by atoms with Crippen LogP contribution in [0.15, 0.2) is 48.5 Å². The first kappa shape index (κ1) is 19.7. The highest BCUT2D eigenvalue weighted by atomic mass is 32.2. The summed E-state index contributed by atoms with van der Waals surface area (Å²) in [6.45, 7) is 3.47. The molecule has 0 aliphatic carbocycles. The van der Waals surface area contributed by atoms with Crippen LogP contribution in [0.2, 0.25) is 0 Å². The summed E-state index contributed by atoms with van der Waals surface area (Å²) in [5, 5.41) is 0. The van der Waals surface area contributed by atoms with Crippen LogP contribution in [-0.4, -0.2) is 32.5 Å². The predicted octanol–water partition coefficient (Wildman–Crippen LogP) is 2.72. The molecule has 0 saturated carbocycles. The number of esters is 1. The van der Waals surface area contributed by atoms with Crippen molar-refractivity contribution in [3.63, 3.8) is 0 Å². The van der Waals surface area contributed by atoms with Crippen molar-refractivity contribution in [2.24, 2.45) is 0 Å². The second kappa shape index (κ2) is 8.14. The minimum absolute atomic E-state index is 0.0924. The van der Waals surface area contributed by atoms with Crippen molar-refractivity contribution in [2.75, 3.05) is 11.0 Å². The molecule has 0 heterocycles. The Hall–Kier alpha value is -2.67. The van der Waals surface area contributed by atoms with Crippen molar-refractivity contribution in [1.29, 1.82) is 0 Å². The normalized spacial score (nSPS) is 12.3. The number of ketones is 1. The van der Waals surface area contributed by atoms with Crippen LogP contribution in [0.25, 0.3) is 0 Å². The number of hydrogen-bond acceptors (Lipinski definition) is 5. The Morgan fingerprint density at radius 2 is 1.62 bits per heavy atom. The number of hydrogen-bond donors (Lipinski definition) is 1. The van der Waals surface area contributed by atoms with E-state index in [0.717, 1.165) is 17.4 Å². The number of carbonyl (C=O) groups excluding carboxylic acids is 2. The Morgan fingerprint density at radius 1 is 1.04 bits per heavy atom. The fourth-order valence-corrected chi connectivity index (χ4v) is 2.88. The summed E-state index contributed by atoms with van der Waals surface area (Å²) in [7, 11) is -3.38. The Kier molecular flexibility index (Phi) is 6.15. The Morgan fingerprint density at radius 3 is 2.15 bits per heavy atom. The molecule has 1 atom stereocenters. The lowest BCUT2D eigenvalue weighted by atomic mass is 10.1. The third-order valence-corrected chi connectivity index (χ3v) is 4.23. The van der Waals surface area contributed by atoms with Crippen LogP contribution in [-0.2, 0) is 26.0 Å². The minimum atomic E-state index is -3.38. The van der Waals surface area contributed by atoms with E-state index in [1.807, 2.05) is 31.2 Å². The molecule has 0 aliphatic rings. The van der Waals surface area contributed by atoms with Crippen molar-refractivity contribution in [2.45, 2.75) is 26.4 Å². The summed E-state index contributed by atoms with van der Waals surface area (Å²) >= 11 is 0. The van der Waals surface area contributed by atoms with Gasteiger partial charge in [0.25, 0.3) is 0 Å². The van der Waals surface area contributed by atoms with E-state index in [1.54, 1.807) is 0 Å². The number of benzene rings is 2. The van der Waals surface area contributed by atoms with Crippen molar-refractivity contribution in [3.8, 4) is 0 Å². The van der Waals surface area contributed by atoms with E-state index in [0.29, 0.717) is 11.3 Å². The largest absolute Gasteiger partial charge is 0.454 e. The maximum Gasteiger partial charge on any atom is 0.310 e. The number of aryl methyl sites for hydroxylation is 1. The Bertz CT molecular complexity index is 887. The lowest BCUT2D eigenvalue weighted by molar-refractivity contribution is -0.145. The summed E-state index contributed by atoms with van der Waals surface area (Å²) < 4.78 is 29.9. The van der Waals surface area contributed by atoms with Crippen LogP contribution >= 0.6 is 0 Å². The molecule has 2 rings (SSSR count). The molecule has 1 N–H and O–H groups in total. The molecule has 0 unspecified atom stereocenters. The van der Waals surface area contributed by atoms with Gasteiger partial charge in [-0.05, 0) is 43.7 Å². The van der Waals surface area contributed by atoms with E-state index in [-0.39, 0.29) is 12.2 Å². The van der Waals surface area contributed by atoms with Gasteiger partial charge in [-0.2, -0.15) is 0 Å². The molecule has 7 heteroatoms. The monoisotopic (exact) mass is 375 g/mol. The lowest BCUT2D eigenvalue weighted by Crippen LogP contribution is -2.25. The smallest absolute Gasteiger partial charge is 0.310 e. The number of Topliss-reactive ketones (excluding diaryl/α,β-unsaturated/α-hetero) is 1. The second-order valence-electron chi connectivity index (χ2n) is 6.11. The summed E-state index contributed by atoms with van der Waals surface area (Å²) in [5.74, 6) is -0.835. The molecule has 26 heavy (non-hydrogen) atoms. The molecule has 2 aromatic rings. The fraction of sp³-hybridized carbons (Fsp3) is 0.263. The first-order valence-corrected chi connectivity index (χ1v) is 9.90. The molecule has 0 aliphatic heterocycles. The van der Waals surface area contributed by atoms with E-state index >= 15 is 0 Å². The van der Waals surface area contributed by atoms with Crippen molar-refractivity contribution in [3.05, 3.63) is 65.2 Å². The van der Waals surface area contributed by atoms with Gasteiger partial charge in [0.1, 0.15) is 0 Å². The van der Waals surface area contributed by atoms with Gasteiger partial charge in [-0.25, -0.2) is 8.42 Å². The summed E-state index contributed by atoms with van der Waals surface area (Å²) in [6.07, 6.45) is 0.207. The highest BCUT2D eigenvalue weighted by Gasteiger charge is 2.19. The standard InChI is InChI=1S/C19H21NO5S/c1-13-4-6-15(7-5-13)12-18(21)25-14(2)19(22)16-8-10-17(11-9-16)20-26(3,23)24/h4-11,14,20H,12H2,1-3H3/t14-/m1/s1. The van der Waals surface area contributed by atoms with E-state index < -0.39 is 22.1 Å². The van der Waals surface area contributed by atoms with Crippen LogP contribution in [0.5, 0.6) is 0 Å². The molecule has 0 bridgehead atoms. The maximum absolute atomic E-state index is 12.4. The second-order valence-corrected chi connectivity index (χ2v) is 7.86. The molecule has 0 radical (unpaired) electrons. The molecule has 0 fully saturated rings. The zero-order valence-corrected chi connectivity index (χ0v) is 15.7. The van der Waals surface area contributed by atoms with Crippen LogP contribution in [0.3, 0.4) is 0 Å². The number of sulfonamides is 1. The fourth-order valence-electron chi connectivity index (χ4n) is 2.32.